The molecule has 0 saturated heterocycles. The lowest BCUT2D eigenvalue weighted by Gasteiger charge is -2.09. The lowest BCUT2D eigenvalue weighted by Crippen LogP contribution is -2.00. The Labute approximate surface area is 218 Å². The SMILES string of the molecule is c1ccc(-c2nc(-c3ccccc3)nc(-c3ccc4ccc5nc(-c6ccccc6)sc5c4c3)n2)cc1. The fourth-order valence-electron chi connectivity index (χ4n) is 4.49. The van der Waals surface area contributed by atoms with Crippen molar-refractivity contribution in [2.45, 2.75) is 0 Å². The fraction of sp³-hybridized carbons (Fsp3) is 0. The number of nitrogens with zero attached hydrogens (tertiary/aromatic N) is 4. The van der Waals surface area contributed by atoms with Gasteiger partial charge in [-0.3, -0.25) is 0 Å². The number of hydrogen-bond donors (Lipinski definition) is 0. The Morgan fingerprint density at radius 2 is 0.946 bits per heavy atom. The summed E-state index contributed by atoms with van der Waals surface area (Å²) in [5, 5.41) is 3.34. The fourth-order valence-corrected chi connectivity index (χ4v) is 5.58. The lowest BCUT2D eigenvalue weighted by molar-refractivity contribution is 1.07. The Balaban J connectivity index is 1.42. The summed E-state index contributed by atoms with van der Waals surface area (Å²) < 4.78 is 1.17. The molecule has 0 aliphatic rings. The van der Waals surface area contributed by atoms with Crippen LogP contribution in [0.2, 0.25) is 0 Å². The maximum Gasteiger partial charge on any atom is 0.164 e. The van der Waals surface area contributed by atoms with Crippen molar-refractivity contribution in [2.24, 2.45) is 0 Å². The van der Waals surface area contributed by atoms with Gasteiger partial charge in [-0.15, -0.1) is 11.3 Å². The summed E-state index contributed by atoms with van der Waals surface area (Å²) in [6.45, 7) is 0. The third-order valence-electron chi connectivity index (χ3n) is 6.35. The van der Waals surface area contributed by atoms with Gasteiger partial charge in [0.1, 0.15) is 5.01 Å². The molecule has 0 saturated carbocycles. The molecular formula is C32H20N4S. The summed E-state index contributed by atoms with van der Waals surface area (Å²) in [6, 6.07) is 41.1. The van der Waals surface area contributed by atoms with Crippen molar-refractivity contribution >= 4 is 32.3 Å². The average Bonchev–Trinajstić information content (AvgIpc) is 3.43. The van der Waals surface area contributed by atoms with E-state index in [1.807, 2.05) is 78.9 Å². The minimum Gasteiger partial charge on any atom is -0.236 e. The molecule has 0 fully saturated rings. The van der Waals surface area contributed by atoms with Crippen molar-refractivity contribution in [1.82, 2.24) is 19.9 Å². The highest BCUT2D eigenvalue weighted by Gasteiger charge is 2.14. The molecule has 0 aliphatic carbocycles. The molecule has 174 valence electrons. The lowest BCUT2D eigenvalue weighted by atomic mass is 10.1. The molecule has 0 amide bonds. The summed E-state index contributed by atoms with van der Waals surface area (Å²) in [6.07, 6.45) is 0. The van der Waals surface area contributed by atoms with Gasteiger partial charge in [-0.2, -0.15) is 0 Å². The predicted molar refractivity (Wildman–Crippen MR) is 152 cm³/mol. The van der Waals surface area contributed by atoms with Crippen LogP contribution in [0.15, 0.2) is 121 Å². The Kier molecular flexibility index (Phi) is 5.26. The number of aromatic nitrogens is 4. The normalized spacial score (nSPS) is 11.2. The summed E-state index contributed by atoms with van der Waals surface area (Å²) in [5.74, 6) is 1.97. The topological polar surface area (TPSA) is 51.6 Å². The van der Waals surface area contributed by atoms with Crippen molar-refractivity contribution in [3.05, 3.63) is 121 Å². The van der Waals surface area contributed by atoms with Crippen LogP contribution < -0.4 is 0 Å². The molecule has 7 aromatic rings. The van der Waals surface area contributed by atoms with E-state index in [-0.39, 0.29) is 0 Å². The van der Waals surface area contributed by atoms with Gasteiger partial charge in [0.15, 0.2) is 17.5 Å². The molecule has 37 heavy (non-hydrogen) atoms. The second-order valence-corrected chi connectivity index (χ2v) is 9.77. The number of fused-ring (bicyclic) bond motifs is 3. The molecule has 0 aliphatic heterocycles. The van der Waals surface area contributed by atoms with Gasteiger partial charge in [-0.1, -0.05) is 109 Å². The van der Waals surface area contributed by atoms with E-state index < -0.39 is 0 Å². The van der Waals surface area contributed by atoms with E-state index in [0.29, 0.717) is 17.5 Å². The van der Waals surface area contributed by atoms with Crippen LogP contribution in [0.3, 0.4) is 0 Å². The third-order valence-corrected chi connectivity index (χ3v) is 7.50. The van der Waals surface area contributed by atoms with Gasteiger partial charge < -0.3 is 0 Å². The van der Waals surface area contributed by atoms with Gasteiger partial charge in [0.25, 0.3) is 0 Å². The molecule has 4 nitrogen and oxygen atoms in total. The molecule has 7 rings (SSSR count). The number of hydrogen-bond acceptors (Lipinski definition) is 5. The van der Waals surface area contributed by atoms with Gasteiger partial charge in [0, 0.05) is 27.6 Å². The molecule has 0 N–H and O–H groups in total. The van der Waals surface area contributed by atoms with E-state index in [1.165, 1.54) is 10.1 Å². The van der Waals surface area contributed by atoms with Gasteiger partial charge in [-0.05, 0) is 17.5 Å². The van der Waals surface area contributed by atoms with E-state index in [4.69, 9.17) is 19.9 Å². The smallest absolute Gasteiger partial charge is 0.164 e. The minimum absolute atomic E-state index is 0.652. The minimum atomic E-state index is 0.652. The second kappa shape index (κ2) is 9.04. The van der Waals surface area contributed by atoms with Crippen molar-refractivity contribution < 1.29 is 0 Å². The van der Waals surface area contributed by atoms with Crippen LogP contribution in [0.1, 0.15) is 0 Å². The van der Waals surface area contributed by atoms with Crippen molar-refractivity contribution in [2.75, 3.05) is 0 Å². The number of thiazole rings is 1. The van der Waals surface area contributed by atoms with Crippen molar-refractivity contribution in [3.63, 3.8) is 0 Å². The first-order valence-electron chi connectivity index (χ1n) is 12.1. The molecule has 5 aromatic carbocycles. The molecule has 5 heteroatoms. The predicted octanol–water partition coefficient (Wildman–Crippen LogP) is 8.30. The highest BCUT2D eigenvalue weighted by atomic mass is 32.1. The van der Waals surface area contributed by atoms with Crippen LogP contribution in [0.5, 0.6) is 0 Å². The van der Waals surface area contributed by atoms with Gasteiger partial charge in [0.2, 0.25) is 0 Å². The Morgan fingerprint density at radius 1 is 0.432 bits per heavy atom. The summed E-state index contributed by atoms with van der Waals surface area (Å²) in [7, 11) is 0. The second-order valence-electron chi connectivity index (χ2n) is 8.77. The molecule has 2 aromatic heterocycles. The molecule has 2 heterocycles. The summed E-state index contributed by atoms with van der Waals surface area (Å²) in [4.78, 5) is 19.5. The van der Waals surface area contributed by atoms with Crippen LogP contribution in [0, 0.1) is 0 Å². The number of benzene rings is 5. The molecule has 0 spiro atoms. The van der Waals surface area contributed by atoms with Crippen LogP contribution >= 0.6 is 11.3 Å². The van der Waals surface area contributed by atoms with Crippen LogP contribution in [-0.2, 0) is 0 Å². The summed E-state index contributed by atoms with van der Waals surface area (Å²) in [5.41, 5.74) is 5.00. The van der Waals surface area contributed by atoms with E-state index >= 15 is 0 Å². The summed E-state index contributed by atoms with van der Waals surface area (Å²) >= 11 is 1.72. The zero-order chi connectivity index (χ0) is 24.6. The van der Waals surface area contributed by atoms with Crippen LogP contribution in [0.4, 0.5) is 0 Å². The molecule has 0 unspecified atom stereocenters. The first kappa shape index (κ1) is 21.5. The van der Waals surface area contributed by atoms with Crippen molar-refractivity contribution in [3.8, 4) is 44.7 Å². The zero-order valence-electron chi connectivity index (χ0n) is 19.7. The Bertz CT molecular complexity index is 1810. The third kappa shape index (κ3) is 4.05. The quantitative estimate of drug-likeness (QED) is 0.248. The Morgan fingerprint density at radius 3 is 1.54 bits per heavy atom. The largest absolute Gasteiger partial charge is 0.236 e. The zero-order valence-corrected chi connectivity index (χ0v) is 20.6. The highest BCUT2D eigenvalue weighted by molar-refractivity contribution is 7.22. The molecule has 0 radical (unpaired) electrons. The number of rotatable bonds is 4. The van der Waals surface area contributed by atoms with E-state index in [0.717, 1.165) is 38.2 Å². The van der Waals surface area contributed by atoms with Gasteiger partial charge in [0.05, 0.1) is 10.2 Å². The van der Waals surface area contributed by atoms with E-state index in [1.54, 1.807) is 11.3 Å². The van der Waals surface area contributed by atoms with Gasteiger partial charge in [-0.25, -0.2) is 19.9 Å². The molecule has 0 atom stereocenters. The maximum absolute atomic E-state index is 4.92. The first-order valence-corrected chi connectivity index (χ1v) is 12.9. The monoisotopic (exact) mass is 492 g/mol. The molecule has 0 bridgehead atoms. The van der Waals surface area contributed by atoms with Crippen molar-refractivity contribution in [1.29, 1.82) is 0 Å². The Hall–Kier alpha value is -4.74. The molecular weight excluding hydrogens is 472 g/mol. The first-order chi connectivity index (χ1) is 18.3. The maximum atomic E-state index is 4.92. The standard InChI is InChI=1S/C32H20N4S/c1-4-10-22(11-5-1)29-34-30(23-12-6-2-7-13-23)36-31(35-29)25-17-16-21-18-19-27-28(26(21)20-25)37-32(33-27)24-14-8-3-9-15-24/h1-20H. The average molecular weight is 493 g/mol. The van der Waals surface area contributed by atoms with Crippen LogP contribution in [0.25, 0.3) is 65.7 Å². The van der Waals surface area contributed by atoms with Crippen LogP contribution in [-0.4, -0.2) is 19.9 Å². The van der Waals surface area contributed by atoms with Gasteiger partial charge >= 0.3 is 0 Å². The van der Waals surface area contributed by atoms with E-state index in [2.05, 4.69) is 42.5 Å². The van der Waals surface area contributed by atoms with E-state index in [9.17, 15) is 0 Å². The highest BCUT2D eigenvalue weighted by Crippen LogP contribution is 2.36.